The van der Waals surface area contributed by atoms with Crippen LogP contribution in [-0.4, -0.2) is 7.05 Å². The Morgan fingerprint density at radius 1 is 1.00 bits per heavy atom. The maximum Gasteiger partial charge on any atom is 0.197 e. The van der Waals surface area contributed by atoms with Crippen molar-refractivity contribution in [1.82, 2.24) is 5.32 Å². The molecule has 0 radical (unpaired) electrons. The monoisotopic (exact) mass is 313 g/mol. The summed E-state index contributed by atoms with van der Waals surface area (Å²) in [5, 5.41) is 3.86. The van der Waals surface area contributed by atoms with Gasteiger partial charge in [0.2, 0.25) is 0 Å². The Kier molecular flexibility index (Phi) is 10.7. The molecule has 0 aliphatic carbocycles. The molecule has 0 spiro atoms. The van der Waals surface area contributed by atoms with Crippen LogP contribution in [0.25, 0.3) is 0 Å². The van der Waals surface area contributed by atoms with Crippen molar-refractivity contribution in [3.05, 3.63) is 23.1 Å². The first-order valence-corrected chi connectivity index (χ1v) is 9.07. The Morgan fingerprint density at radius 2 is 1.57 bits per heavy atom. The molecule has 0 saturated carbocycles. The Morgan fingerprint density at radius 3 is 2.05 bits per heavy atom. The van der Waals surface area contributed by atoms with E-state index in [0.717, 1.165) is 12.0 Å². The van der Waals surface area contributed by atoms with Crippen LogP contribution in [0.4, 0.5) is 0 Å². The third-order valence-electron chi connectivity index (χ3n) is 4.22. The maximum atomic E-state index is 6.04. The van der Waals surface area contributed by atoms with Gasteiger partial charge in [0, 0.05) is 11.6 Å². The van der Waals surface area contributed by atoms with E-state index in [1.54, 1.807) is 6.26 Å². The molecular weight excluding hydrogens is 282 g/mol. The summed E-state index contributed by atoms with van der Waals surface area (Å²) >= 11 is 6.04. The fourth-order valence-electron chi connectivity index (χ4n) is 2.84. The van der Waals surface area contributed by atoms with E-state index in [1.807, 2.05) is 13.1 Å². The number of hydrogen-bond acceptors (Lipinski definition) is 2. The van der Waals surface area contributed by atoms with Gasteiger partial charge in [-0.15, -0.1) is 0 Å². The summed E-state index contributed by atoms with van der Waals surface area (Å²) in [6.45, 7) is 2.27. The first kappa shape index (κ1) is 18.6. The lowest BCUT2D eigenvalue weighted by Gasteiger charge is -2.14. The number of hydrogen-bond donors (Lipinski definition) is 1. The van der Waals surface area contributed by atoms with Crippen molar-refractivity contribution < 1.29 is 4.42 Å². The third-order valence-corrected chi connectivity index (χ3v) is 4.52. The molecule has 122 valence electrons. The van der Waals surface area contributed by atoms with Crippen molar-refractivity contribution in [1.29, 1.82) is 0 Å². The van der Waals surface area contributed by atoms with Crippen LogP contribution < -0.4 is 5.32 Å². The van der Waals surface area contributed by atoms with Crippen molar-refractivity contribution in [2.24, 2.45) is 0 Å². The average Bonchev–Trinajstić information content (AvgIpc) is 2.91. The predicted octanol–water partition coefficient (Wildman–Crippen LogP) is 6.50. The molecule has 3 heteroatoms. The molecule has 0 aliphatic rings. The average molecular weight is 314 g/mol. The van der Waals surface area contributed by atoms with Gasteiger partial charge >= 0.3 is 0 Å². The standard InChI is InChI=1S/C18H32ClNO/c1-3-4-5-6-7-8-9-10-11-12-13-17(20-2)16-14-15-21-18(16)19/h14-15,17,20H,3-13H2,1-2H3. The fourth-order valence-corrected chi connectivity index (χ4v) is 3.09. The van der Waals surface area contributed by atoms with E-state index in [4.69, 9.17) is 16.0 Å². The van der Waals surface area contributed by atoms with E-state index >= 15 is 0 Å². The SMILES string of the molecule is CCCCCCCCCCCCC(NC)c1ccoc1Cl. The Hall–Kier alpha value is -0.470. The topological polar surface area (TPSA) is 25.2 Å². The van der Waals surface area contributed by atoms with Crippen LogP contribution in [0.5, 0.6) is 0 Å². The predicted molar refractivity (Wildman–Crippen MR) is 92.0 cm³/mol. The van der Waals surface area contributed by atoms with E-state index < -0.39 is 0 Å². The minimum absolute atomic E-state index is 0.324. The van der Waals surface area contributed by atoms with Crippen molar-refractivity contribution in [2.75, 3.05) is 7.05 Å². The normalized spacial score (nSPS) is 12.7. The fraction of sp³-hybridized carbons (Fsp3) is 0.778. The second-order valence-corrected chi connectivity index (χ2v) is 6.30. The molecule has 0 amide bonds. The van der Waals surface area contributed by atoms with E-state index in [1.165, 1.54) is 64.2 Å². The highest BCUT2D eigenvalue weighted by Gasteiger charge is 2.14. The van der Waals surface area contributed by atoms with Crippen molar-refractivity contribution in [2.45, 2.75) is 83.6 Å². The first-order chi connectivity index (χ1) is 10.3. The minimum atomic E-state index is 0.324. The summed E-state index contributed by atoms with van der Waals surface area (Å²) in [6, 6.07) is 2.30. The quantitative estimate of drug-likeness (QED) is 0.420. The van der Waals surface area contributed by atoms with Gasteiger partial charge in [-0.2, -0.15) is 0 Å². The lowest BCUT2D eigenvalue weighted by molar-refractivity contribution is 0.485. The van der Waals surface area contributed by atoms with Crippen molar-refractivity contribution in [3.63, 3.8) is 0 Å². The Balaban J connectivity index is 1.99. The molecule has 1 heterocycles. The summed E-state index contributed by atoms with van der Waals surface area (Å²) in [5.74, 6) is 0. The molecule has 21 heavy (non-hydrogen) atoms. The van der Waals surface area contributed by atoms with Crippen LogP contribution in [0.3, 0.4) is 0 Å². The van der Waals surface area contributed by atoms with Crippen LogP contribution in [0.15, 0.2) is 16.7 Å². The maximum absolute atomic E-state index is 6.04. The van der Waals surface area contributed by atoms with Gasteiger partial charge in [-0.3, -0.25) is 0 Å². The Labute approximate surface area is 135 Å². The number of rotatable bonds is 13. The number of halogens is 1. The molecule has 1 N–H and O–H groups in total. The highest BCUT2D eigenvalue weighted by atomic mass is 35.5. The summed E-state index contributed by atoms with van der Waals surface area (Å²) in [7, 11) is 1.99. The summed E-state index contributed by atoms with van der Waals surface area (Å²) in [5.41, 5.74) is 1.09. The van der Waals surface area contributed by atoms with Crippen molar-refractivity contribution in [3.8, 4) is 0 Å². The molecular formula is C18H32ClNO. The summed E-state index contributed by atoms with van der Waals surface area (Å²) in [4.78, 5) is 0. The van der Waals surface area contributed by atoms with Crippen LogP contribution >= 0.6 is 11.6 Å². The second kappa shape index (κ2) is 12.1. The number of nitrogens with one attached hydrogen (secondary N) is 1. The largest absolute Gasteiger partial charge is 0.453 e. The van der Waals surface area contributed by atoms with E-state index in [9.17, 15) is 0 Å². The molecule has 2 nitrogen and oxygen atoms in total. The highest BCUT2D eigenvalue weighted by molar-refractivity contribution is 6.29. The van der Waals surface area contributed by atoms with Crippen LogP contribution in [0, 0.1) is 0 Å². The lowest BCUT2D eigenvalue weighted by atomic mass is 10.0. The van der Waals surface area contributed by atoms with Crippen LogP contribution in [-0.2, 0) is 0 Å². The van der Waals surface area contributed by atoms with Gasteiger partial charge < -0.3 is 9.73 Å². The van der Waals surface area contributed by atoms with Gasteiger partial charge in [-0.25, -0.2) is 0 Å². The lowest BCUT2D eigenvalue weighted by Crippen LogP contribution is -2.15. The second-order valence-electron chi connectivity index (χ2n) is 5.96. The zero-order chi connectivity index (χ0) is 15.3. The van der Waals surface area contributed by atoms with Gasteiger partial charge in [-0.1, -0.05) is 71.1 Å². The van der Waals surface area contributed by atoms with Gasteiger partial charge in [0.25, 0.3) is 0 Å². The van der Waals surface area contributed by atoms with Gasteiger partial charge in [0.1, 0.15) is 0 Å². The molecule has 1 rings (SSSR count). The number of unbranched alkanes of at least 4 members (excludes halogenated alkanes) is 9. The van der Waals surface area contributed by atoms with Gasteiger partial charge in [0.05, 0.1) is 6.26 Å². The molecule has 0 bridgehead atoms. The summed E-state index contributed by atoms with van der Waals surface area (Å²) in [6.07, 6.45) is 16.6. The molecule has 0 fully saturated rings. The van der Waals surface area contributed by atoms with Gasteiger partial charge in [-0.05, 0) is 31.1 Å². The third kappa shape index (κ3) is 7.92. The molecule has 0 aromatic carbocycles. The molecule has 0 saturated heterocycles. The first-order valence-electron chi connectivity index (χ1n) is 8.69. The number of furan rings is 1. The molecule has 1 aromatic heterocycles. The molecule has 0 aliphatic heterocycles. The van der Waals surface area contributed by atoms with Crippen molar-refractivity contribution >= 4 is 11.6 Å². The smallest absolute Gasteiger partial charge is 0.197 e. The molecule has 1 aromatic rings. The summed E-state index contributed by atoms with van der Waals surface area (Å²) < 4.78 is 5.17. The Bertz CT molecular complexity index is 351. The van der Waals surface area contributed by atoms with E-state index in [0.29, 0.717) is 11.3 Å². The van der Waals surface area contributed by atoms with E-state index in [-0.39, 0.29) is 0 Å². The van der Waals surface area contributed by atoms with E-state index in [2.05, 4.69) is 12.2 Å². The minimum Gasteiger partial charge on any atom is -0.453 e. The zero-order valence-electron chi connectivity index (χ0n) is 13.8. The zero-order valence-corrected chi connectivity index (χ0v) is 14.6. The van der Waals surface area contributed by atoms with Crippen LogP contribution in [0.1, 0.15) is 89.2 Å². The molecule has 1 atom stereocenters. The van der Waals surface area contributed by atoms with Crippen LogP contribution in [0.2, 0.25) is 5.22 Å². The highest BCUT2D eigenvalue weighted by Crippen LogP contribution is 2.27. The van der Waals surface area contributed by atoms with Gasteiger partial charge in [0.15, 0.2) is 5.22 Å². The molecule has 1 unspecified atom stereocenters.